The average Bonchev–Trinajstić information content (AvgIpc) is 2.58. The van der Waals surface area contributed by atoms with Gasteiger partial charge in [-0.1, -0.05) is 26.2 Å². The molecule has 4 aliphatic carbocycles. The Bertz CT molecular complexity index is 449. The van der Waals surface area contributed by atoms with Crippen LogP contribution in [0.2, 0.25) is 0 Å². The molecule has 0 spiro atoms. The maximum atomic E-state index is 11.9. The molecule has 4 rings (SSSR count). The van der Waals surface area contributed by atoms with Crippen LogP contribution in [0, 0.1) is 23.2 Å². The van der Waals surface area contributed by atoms with Gasteiger partial charge >= 0.3 is 11.9 Å². The normalized spacial score (nSPS) is 31.8. The maximum absolute atomic E-state index is 11.9. The topological polar surface area (TPSA) is 52.6 Å². The van der Waals surface area contributed by atoms with E-state index in [1.54, 1.807) is 0 Å². The van der Waals surface area contributed by atoms with E-state index < -0.39 is 0 Å². The summed E-state index contributed by atoms with van der Waals surface area (Å²) in [6, 6.07) is 0. The Kier molecular flexibility index (Phi) is 6.99. The van der Waals surface area contributed by atoms with Gasteiger partial charge in [-0.15, -0.1) is 0 Å². The Morgan fingerprint density at radius 2 is 1.35 bits per heavy atom. The monoisotopic (exact) mass is 364 g/mol. The summed E-state index contributed by atoms with van der Waals surface area (Å²) < 4.78 is 10.6. The fourth-order valence-electron chi connectivity index (χ4n) is 6.04. The highest BCUT2D eigenvalue weighted by Gasteiger charge is 2.50. The molecule has 4 saturated carbocycles. The van der Waals surface area contributed by atoms with Crippen molar-refractivity contribution in [3.8, 4) is 0 Å². The summed E-state index contributed by atoms with van der Waals surface area (Å²) in [6.07, 6.45) is 14.0. The van der Waals surface area contributed by atoms with Gasteiger partial charge in [0.25, 0.3) is 0 Å². The third-order valence-electron chi connectivity index (χ3n) is 6.85. The van der Waals surface area contributed by atoms with E-state index in [4.69, 9.17) is 9.47 Å². The van der Waals surface area contributed by atoms with Gasteiger partial charge in [-0.2, -0.15) is 0 Å². The second-order valence-corrected chi connectivity index (χ2v) is 9.17. The van der Waals surface area contributed by atoms with Gasteiger partial charge in [0, 0.05) is 0 Å². The third kappa shape index (κ3) is 5.47. The van der Waals surface area contributed by atoms with Gasteiger partial charge in [0.1, 0.15) is 0 Å². The van der Waals surface area contributed by atoms with Gasteiger partial charge in [-0.05, 0) is 74.5 Å². The van der Waals surface area contributed by atoms with Crippen LogP contribution in [0.3, 0.4) is 0 Å². The molecule has 26 heavy (non-hydrogen) atoms. The zero-order valence-electron chi connectivity index (χ0n) is 16.5. The van der Waals surface area contributed by atoms with Crippen molar-refractivity contribution in [3.63, 3.8) is 0 Å². The highest BCUT2D eigenvalue weighted by atomic mass is 16.5. The molecule has 0 aromatic rings. The Balaban J connectivity index is 1.26. The summed E-state index contributed by atoms with van der Waals surface area (Å²) in [5.41, 5.74) is 0.451. The molecule has 0 aliphatic heterocycles. The second-order valence-electron chi connectivity index (χ2n) is 9.17. The quantitative estimate of drug-likeness (QED) is 0.381. The molecule has 0 aromatic carbocycles. The number of rotatable bonds is 11. The van der Waals surface area contributed by atoms with E-state index in [0.29, 0.717) is 18.6 Å². The number of esters is 2. The molecule has 4 aliphatic rings. The highest BCUT2D eigenvalue weighted by Crippen LogP contribution is 2.61. The molecule has 0 aromatic heterocycles. The standard InChI is InChI=1S/C22H36O4/c1-2-3-4-5-9-25-20(23)6-7-21(24)26-10-8-22-14-17-11-18(15-22)13-19(12-17)16-22/h17-19H,2-16H2,1H3. The Hall–Kier alpha value is -1.06. The number of carbonyl (C=O) groups excluding carboxylic acids is 2. The van der Waals surface area contributed by atoms with Crippen LogP contribution in [-0.2, 0) is 19.1 Å². The van der Waals surface area contributed by atoms with Crippen molar-refractivity contribution in [2.75, 3.05) is 13.2 Å². The summed E-state index contributed by atoms with van der Waals surface area (Å²) >= 11 is 0. The van der Waals surface area contributed by atoms with E-state index in [9.17, 15) is 9.59 Å². The van der Waals surface area contributed by atoms with Gasteiger partial charge in [0.05, 0.1) is 26.1 Å². The Labute approximate surface area is 158 Å². The summed E-state index contributed by atoms with van der Waals surface area (Å²) in [5.74, 6) is 2.27. The van der Waals surface area contributed by atoms with Crippen molar-refractivity contribution in [1.29, 1.82) is 0 Å². The number of unbranched alkanes of at least 4 members (excludes halogenated alkanes) is 3. The summed E-state index contributed by atoms with van der Waals surface area (Å²) in [4.78, 5) is 23.6. The molecule has 4 heteroatoms. The van der Waals surface area contributed by atoms with Crippen LogP contribution in [0.5, 0.6) is 0 Å². The molecular weight excluding hydrogens is 328 g/mol. The van der Waals surface area contributed by atoms with Gasteiger partial charge in [-0.25, -0.2) is 0 Å². The molecule has 0 saturated heterocycles. The van der Waals surface area contributed by atoms with Crippen LogP contribution in [0.15, 0.2) is 0 Å². The molecule has 0 heterocycles. The molecule has 0 amide bonds. The van der Waals surface area contributed by atoms with E-state index in [1.165, 1.54) is 51.4 Å². The molecular formula is C22H36O4. The zero-order chi connectivity index (χ0) is 18.4. The molecule has 4 bridgehead atoms. The molecule has 148 valence electrons. The number of hydrogen-bond donors (Lipinski definition) is 0. The largest absolute Gasteiger partial charge is 0.466 e. The lowest BCUT2D eigenvalue weighted by atomic mass is 9.49. The lowest BCUT2D eigenvalue weighted by molar-refractivity contribution is -0.151. The van der Waals surface area contributed by atoms with Crippen LogP contribution in [0.1, 0.15) is 90.4 Å². The highest BCUT2D eigenvalue weighted by molar-refractivity contribution is 5.77. The number of carbonyl (C=O) groups is 2. The van der Waals surface area contributed by atoms with E-state index in [0.717, 1.165) is 37.0 Å². The summed E-state index contributed by atoms with van der Waals surface area (Å²) in [7, 11) is 0. The minimum Gasteiger partial charge on any atom is -0.466 e. The molecule has 0 atom stereocenters. The first-order valence-corrected chi connectivity index (χ1v) is 10.9. The fourth-order valence-corrected chi connectivity index (χ4v) is 6.04. The fraction of sp³-hybridized carbons (Fsp3) is 0.909. The minimum absolute atomic E-state index is 0.143. The zero-order valence-corrected chi connectivity index (χ0v) is 16.5. The molecule has 0 unspecified atom stereocenters. The number of hydrogen-bond acceptors (Lipinski definition) is 4. The molecule has 4 nitrogen and oxygen atoms in total. The van der Waals surface area contributed by atoms with Gasteiger partial charge in [0.2, 0.25) is 0 Å². The van der Waals surface area contributed by atoms with Crippen molar-refractivity contribution < 1.29 is 19.1 Å². The predicted octanol–water partition coefficient (Wildman–Crippen LogP) is 5.04. The third-order valence-corrected chi connectivity index (χ3v) is 6.85. The van der Waals surface area contributed by atoms with Crippen molar-refractivity contribution in [1.82, 2.24) is 0 Å². The van der Waals surface area contributed by atoms with Gasteiger partial charge in [0.15, 0.2) is 0 Å². The van der Waals surface area contributed by atoms with Crippen LogP contribution < -0.4 is 0 Å². The predicted molar refractivity (Wildman–Crippen MR) is 101 cm³/mol. The van der Waals surface area contributed by atoms with Gasteiger partial charge in [-0.3, -0.25) is 9.59 Å². The smallest absolute Gasteiger partial charge is 0.306 e. The summed E-state index contributed by atoms with van der Waals surface area (Å²) in [6.45, 7) is 3.15. The van der Waals surface area contributed by atoms with E-state index in [1.807, 2.05) is 0 Å². The SMILES string of the molecule is CCCCCCOC(=O)CCC(=O)OCCC12CC3CC(CC(C3)C1)C2. The maximum Gasteiger partial charge on any atom is 0.306 e. The van der Waals surface area contributed by atoms with Crippen molar-refractivity contribution in [2.24, 2.45) is 23.2 Å². The van der Waals surface area contributed by atoms with Crippen LogP contribution in [0.4, 0.5) is 0 Å². The first kappa shape index (κ1) is 19.7. The van der Waals surface area contributed by atoms with E-state index >= 15 is 0 Å². The average molecular weight is 365 g/mol. The molecule has 0 N–H and O–H groups in total. The lowest BCUT2D eigenvalue weighted by Gasteiger charge is -2.57. The van der Waals surface area contributed by atoms with E-state index in [2.05, 4.69) is 6.92 Å². The van der Waals surface area contributed by atoms with Crippen LogP contribution >= 0.6 is 0 Å². The minimum atomic E-state index is -0.278. The molecule has 0 radical (unpaired) electrons. The van der Waals surface area contributed by atoms with Gasteiger partial charge < -0.3 is 9.47 Å². The van der Waals surface area contributed by atoms with Crippen molar-refractivity contribution >= 4 is 11.9 Å². The Morgan fingerprint density at radius 3 is 1.88 bits per heavy atom. The van der Waals surface area contributed by atoms with E-state index in [-0.39, 0.29) is 24.8 Å². The van der Waals surface area contributed by atoms with Crippen LogP contribution in [0.25, 0.3) is 0 Å². The first-order chi connectivity index (χ1) is 12.6. The molecule has 4 fully saturated rings. The Morgan fingerprint density at radius 1 is 0.808 bits per heavy atom. The second kappa shape index (κ2) is 9.23. The van der Waals surface area contributed by atoms with Crippen molar-refractivity contribution in [3.05, 3.63) is 0 Å². The van der Waals surface area contributed by atoms with Crippen molar-refractivity contribution in [2.45, 2.75) is 90.4 Å². The van der Waals surface area contributed by atoms with Crippen LogP contribution in [-0.4, -0.2) is 25.2 Å². The first-order valence-electron chi connectivity index (χ1n) is 10.9. The summed E-state index contributed by atoms with van der Waals surface area (Å²) in [5, 5.41) is 0. The lowest BCUT2D eigenvalue weighted by Crippen LogP contribution is -2.46. The number of ether oxygens (including phenoxy) is 2.